The van der Waals surface area contributed by atoms with Gasteiger partial charge in [0.2, 0.25) is 0 Å². The first-order valence-electron chi connectivity index (χ1n) is 6.63. The maximum atomic E-state index is 11.8. The summed E-state index contributed by atoms with van der Waals surface area (Å²) in [6.07, 6.45) is 1.65. The third-order valence-corrected chi connectivity index (χ3v) is 6.01. The van der Waals surface area contributed by atoms with Crippen LogP contribution in [0.5, 0.6) is 0 Å². The van der Waals surface area contributed by atoms with E-state index in [1.54, 1.807) is 12.1 Å². The van der Waals surface area contributed by atoms with Gasteiger partial charge in [-0.1, -0.05) is 0 Å². The van der Waals surface area contributed by atoms with Crippen molar-refractivity contribution in [3.8, 4) is 0 Å². The molecule has 0 aliphatic carbocycles. The van der Waals surface area contributed by atoms with Gasteiger partial charge in [-0.15, -0.1) is 22.7 Å². The number of hydrogen-bond acceptors (Lipinski definition) is 4. The zero-order chi connectivity index (χ0) is 15.9. The molecule has 0 atom stereocenters. The highest BCUT2D eigenvalue weighted by atomic mass is 79.9. The molecule has 0 unspecified atom stereocenters. The molecule has 2 aromatic heterocycles. The molecular formula is C14H14Br2N2O2S2. The highest BCUT2D eigenvalue weighted by Crippen LogP contribution is 2.22. The van der Waals surface area contributed by atoms with E-state index in [0.29, 0.717) is 22.8 Å². The minimum atomic E-state index is -0.0526. The predicted molar refractivity (Wildman–Crippen MR) is 97.9 cm³/mol. The Morgan fingerprint density at radius 3 is 1.55 bits per heavy atom. The second kappa shape index (κ2) is 8.81. The van der Waals surface area contributed by atoms with Gasteiger partial charge in [-0.25, -0.2) is 0 Å². The minimum absolute atomic E-state index is 0.0526. The number of rotatable bonds is 7. The number of unbranched alkanes of at least 4 members (excludes halogenated alkanes) is 1. The molecule has 2 amide bonds. The summed E-state index contributed by atoms with van der Waals surface area (Å²) >= 11 is 9.49. The molecule has 4 nitrogen and oxygen atoms in total. The average molecular weight is 466 g/mol. The van der Waals surface area contributed by atoms with Gasteiger partial charge in [0.25, 0.3) is 11.8 Å². The topological polar surface area (TPSA) is 58.2 Å². The first kappa shape index (κ1) is 17.7. The Balaban J connectivity index is 1.58. The van der Waals surface area contributed by atoms with Crippen molar-refractivity contribution in [3.63, 3.8) is 0 Å². The van der Waals surface area contributed by atoms with E-state index in [4.69, 9.17) is 0 Å². The van der Waals surface area contributed by atoms with Crippen LogP contribution in [0.2, 0.25) is 0 Å². The quantitative estimate of drug-likeness (QED) is 0.599. The lowest BCUT2D eigenvalue weighted by atomic mass is 10.3. The van der Waals surface area contributed by atoms with Crippen molar-refractivity contribution in [2.24, 2.45) is 0 Å². The molecule has 2 aromatic rings. The second-order valence-corrected chi connectivity index (χ2v) is 9.35. The molecular weight excluding hydrogens is 452 g/mol. The lowest BCUT2D eigenvalue weighted by Gasteiger charge is -2.05. The lowest BCUT2D eigenvalue weighted by Crippen LogP contribution is -2.26. The molecule has 118 valence electrons. The van der Waals surface area contributed by atoms with Crippen molar-refractivity contribution in [3.05, 3.63) is 41.6 Å². The van der Waals surface area contributed by atoms with E-state index >= 15 is 0 Å². The standard InChI is InChI=1S/C14H14Br2N2O2S2/c15-11-5-3-9(21-11)13(19)17-7-1-2-8-18-14(20)10-4-6-12(16)22-10/h3-6H,1-2,7-8H2,(H,17,19)(H,18,20). The van der Waals surface area contributed by atoms with Gasteiger partial charge in [0.1, 0.15) is 0 Å². The Morgan fingerprint density at radius 2 is 1.23 bits per heavy atom. The number of amides is 2. The van der Waals surface area contributed by atoms with Crippen LogP contribution in [0.3, 0.4) is 0 Å². The van der Waals surface area contributed by atoms with E-state index in [9.17, 15) is 9.59 Å². The molecule has 0 spiro atoms. The van der Waals surface area contributed by atoms with E-state index in [2.05, 4.69) is 42.5 Å². The monoisotopic (exact) mass is 464 g/mol. The molecule has 0 aliphatic rings. The maximum absolute atomic E-state index is 11.8. The van der Waals surface area contributed by atoms with Gasteiger partial charge in [-0.05, 0) is 69.0 Å². The van der Waals surface area contributed by atoms with Gasteiger partial charge in [0, 0.05) is 13.1 Å². The smallest absolute Gasteiger partial charge is 0.261 e. The van der Waals surface area contributed by atoms with Crippen molar-refractivity contribution in [2.75, 3.05) is 13.1 Å². The summed E-state index contributed by atoms with van der Waals surface area (Å²) in [4.78, 5) is 25.0. The Labute approximate surface area is 153 Å². The first-order chi connectivity index (χ1) is 10.6. The third-order valence-electron chi connectivity index (χ3n) is 2.77. The van der Waals surface area contributed by atoms with Crippen molar-refractivity contribution >= 4 is 66.3 Å². The van der Waals surface area contributed by atoms with Crippen LogP contribution in [0, 0.1) is 0 Å². The first-order valence-corrected chi connectivity index (χ1v) is 9.85. The zero-order valence-electron chi connectivity index (χ0n) is 11.5. The molecule has 8 heteroatoms. The molecule has 0 aromatic carbocycles. The maximum Gasteiger partial charge on any atom is 0.261 e. The fraction of sp³-hybridized carbons (Fsp3) is 0.286. The fourth-order valence-corrected chi connectivity index (χ4v) is 4.31. The Kier molecular flexibility index (Phi) is 7.07. The summed E-state index contributed by atoms with van der Waals surface area (Å²) < 4.78 is 1.89. The highest BCUT2D eigenvalue weighted by Gasteiger charge is 2.08. The van der Waals surface area contributed by atoms with Crippen LogP contribution in [0.4, 0.5) is 0 Å². The van der Waals surface area contributed by atoms with E-state index in [-0.39, 0.29) is 11.8 Å². The predicted octanol–water partition coefficient (Wildman–Crippen LogP) is 4.27. The summed E-state index contributed by atoms with van der Waals surface area (Å²) in [6, 6.07) is 7.31. The number of hydrogen-bond donors (Lipinski definition) is 2. The molecule has 22 heavy (non-hydrogen) atoms. The molecule has 0 bridgehead atoms. The molecule has 2 rings (SSSR count). The highest BCUT2D eigenvalue weighted by molar-refractivity contribution is 9.11. The molecule has 0 saturated heterocycles. The Hall–Kier alpha value is -0.700. The van der Waals surface area contributed by atoms with Crippen LogP contribution < -0.4 is 10.6 Å². The van der Waals surface area contributed by atoms with Crippen molar-refractivity contribution in [2.45, 2.75) is 12.8 Å². The van der Waals surface area contributed by atoms with E-state index in [1.165, 1.54) is 22.7 Å². The molecule has 2 heterocycles. The van der Waals surface area contributed by atoms with Crippen molar-refractivity contribution < 1.29 is 9.59 Å². The van der Waals surface area contributed by atoms with Crippen molar-refractivity contribution in [1.82, 2.24) is 10.6 Å². The largest absolute Gasteiger partial charge is 0.351 e. The van der Waals surface area contributed by atoms with Gasteiger partial charge >= 0.3 is 0 Å². The number of halogens is 2. The van der Waals surface area contributed by atoms with Crippen LogP contribution in [0.15, 0.2) is 31.8 Å². The minimum Gasteiger partial charge on any atom is -0.351 e. The van der Waals surface area contributed by atoms with Crippen molar-refractivity contribution in [1.29, 1.82) is 0 Å². The summed E-state index contributed by atoms with van der Waals surface area (Å²) in [5.74, 6) is -0.105. The molecule has 0 saturated carbocycles. The molecule has 0 fully saturated rings. The van der Waals surface area contributed by atoms with Crippen LogP contribution in [0.25, 0.3) is 0 Å². The zero-order valence-corrected chi connectivity index (χ0v) is 16.3. The SMILES string of the molecule is O=C(NCCCCNC(=O)c1ccc(Br)s1)c1ccc(Br)s1. The van der Waals surface area contributed by atoms with E-state index in [1.807, 2.05) is 12.1 Å². The lowest BCUT2D eigenvalue weighted by molar-refractivity contribution is 0.0943. The van der Waals surface area contributed by atoms with Gasteiger partial charge in [0.15, 0.2) is 0 Å². The molecule has 0 aliphatic heterocycles. The van der Waals surface area contributed by atoms with Crippen LogP contribution >= 0.6 is 54.5 Å². The number of carbonyl (C=O) groups is 2. The van der Waals surface area contributed by atoms with Crippen LogP contribution in [-0.4, -0.2) is 24.9 Å². The van der Waals surface area contributed by atoms with Gasteiger partial charge in [-0.3, -0.25) is 9.59 Å². The molecule has 0 radical (unpaired) electrons. The van der Waals surface area contributed by atoms with E-state index < -0.39 is 0 Å². The summed E-state index contributed by atoms with van der Waals surface area (Å²) in [5, 5.41) is 5.74. The van der Waals surface area contributed by atoms with Gasteiger partial charge in [-0.2, -0.15) is 0 Å². The van der Waals surface area contributed by atoms with Crippen LogP contribution in [-0.2, 0) is 0 Å². The average Bonchev–Trinajstić information content (AvgIpc) is 3.11. The normalized spacial score (nSPS) is 10.5. The second-order valence-electron chi connectivity index (χ2n) is 4.43. The van der Waals surface area contributed by atoms with Gasteiger partial charge in [0.05, 0.1) is 17.3 Å². The van der Waals surface area contributed by atoms with Crippen LogP contribution in [0.1, 0.15) is 32.2 Å². The third kappa shape index (κ3) is 5.49. The summed E-state index contributed by atoms with van der Waals surface area (Å²) in [6.45, 7) is 1.21. The Bertz CT molecular complexity index is 599. The summed E-state index contributed by atoms with van der Waals surface area (Å²) in [5.41, 5.74) is 0. The van der Waals surface area contributed by atoms with Gasteiger partial charge < -0.3 is 10.6 Å². The Morgan fingerprint density at radius 1 is 0.818 bits per heavy atom. The number of thiophene rings is 2. The molecule has 2 N–H and O–H groups in total. The fourth-order valence-electron chi connectivity index (χ4n) is 1.70. The summed E-state index contributed by atoms with van der Waals surface area (Å²) in [7, 11) is 0. The number of nitrogens with one attached hydrogen (secondary N) is 2. The van der Waals surface area contributed by atoms with E-state index in [0.717, 1.165) is 20.4 Å². The number of carbonyl (C=O) groups excluding carboxylic acids is 2.